The van der Waals surface area contributed by atoms with Crippen LogP contribution in [0.3, 0.4) is 0 Å². The van der Waals surface area contributed by atoms with E-state index in [4.69, 9.17) is 0 Å². The Morgan fingerprint density at radius 1 is 1.27 bits per heavy atom. The highest BCUT2D eigenvalue weighted by atomic mass is 19.1. The van der Waals surface area contributed by atoms with E-state index in [2.05, 4.69) is 0 Å². The zero-order valence-electron chi connectivity index (χ0n) is 13.0. The van der Waals surface area contributed by atoms with Gasteiger partial charge >= 0.3 is 5.97 Å². The largest absolute Gasteiger partial charge is 0.481 e. The predicted molar refractivity (Wildman–Crippen MR) is 80.8 cm³/mol. The Kier molecular flexibility index (Phi) is 5.16. The normalized spacial score (nSPS) is 21.4. The van der Waals surface area contributed by atoms with Gasteiger partial charge in [0.1, 0.15) is 5.82 Å². The molecule has 1 heterocycles. The van der Waals surface area contributed by atoms with Crippen molar-refractivity contribution in [2.75, 3.05) is 13.1 Å². The van der Waals surface area contributed by atoms with E-state index in [1.165, 1.54) is 12.1 Å². The summed E-state index contributed by atoms with van der Waals surface area (Å²) in [5, 5.41) is 9.29. The first-order chi connectivity index (χ1) is 10.4. The fourth-order valence-electron chi connectivity index (χ4n) is 3.03. The number of carboxylic acids is 1. The first-order valence-corrected chi connectivity index (χ1v) is 7.63. The van der Waals surface area contributed by atoms with E-state index < -0.39 is 11.9 Å². The minimum absolute atomic E-state index is 0.00673. The molecule has 1 aromatic rings. The van der Waals surface area contributed by atoms with Gasteiger partial charge in [0.05, 0.1) is 5.92 Å². The number of aliphatic carboxylic acids is 1. The summed E-state index contributed by atoms with van der Waals surface area (Å²) >= 11 is 0. The third-order valence-corrected chi connectivity index (χ3v) is 4.43. The molecule has 1 aliphatic heterocycles. The SMILES string of the molecule is CC(C)[C@@H]1CN(C(=O)CCc2ccc(F)cc2)C[C@H]1C(=O)O. The van der Waals surface area contributed by atoms with Gasteiger partial charge in [0.15, 0.2) is 0 Å². The van der Waals surface area contributed by atoms with Crippen LogP contribution in [0.4, 0.5) is 4.39 Å². The number of carbonyl (C=O) groups is 2. The maximum Gasteiger partial charge on any atom is 0.308 e. The Balaban J connectivity index is 1.93. The Morgan fingerprint density at radius 3 is 2.41 bits per heavy atom. The number of likely N-dealkylation sites (tertiary alicyclic amines) is 1. The quantitative estimate of drug-likeness (QED) is 0.909. The summed E-state index contributed by atoms with van der Waals surface area (Å²) < 4.78 is 12.8. The minimum Gasteiger partial charge on any atom is -0.481 e. The number of benzene rings is 1. The van der Waals surface area contributed by atoms with Crippen LogP contribution in [-0.2, 0) is 16.0 Å². The maximum absolute atomic E-state index is 12.8. The van der Waals surface area contributed by atoms with E-state index in [0.717, 1.165) is 5.56 Å². The molecule has 5 heteroatoms. The molecule has 0 saturated carbocycles. The van der Waals surface area contributed by atoms with Crippen molar-refractivity contribution in [2.45, 2.75) is 26.7 Å². The molecule has 1 N–H and O–H groups in total. The van der Waals surface area contributed by atoms with Crippen LogP contribution in [-0.4, -0.2) is 35.0 Å². The maximum atomic E-state index is 12.8. The van der Waals surface area contributed by atoms with Gasteiger partial charge in [0.25, 0.3) is 0 Å². The molecule has 0 aromatic heterocycles. The zero-order chi connectivity index (χ0) is 16.3. The minimum atomic E-state index is -0.826. The van der Waals surface area contributed by atoms with Crippen molar-refractivity contribution >= 4 is 11.9 Å². The summed E-state index contributed by atoms with van der Waals surface area (Å²) in [5.74, 6) is -1.39. The molecular formula is C17H22FNO3. The first kappa shape index (κ1) is 16.5. The summed E-state index contributed by atoms with van der Waals surface area (Å²) in [4.78, 5) is 25.3. The lowest BCUT2D eigenvalue weighted by atomic mass is 9.86. The highest BCUT2D eigenvalue weighted by Gasteiger charge is 2.40. The van der Waals surface area contributed by atoms with E-state index >= 15 is 0 Å². The van der Waals surface area contributed by atoms with Crippen molar-refractivity contribution in [3.63, 3.8) is 0 Å². The van der Waals surface area contributed by atoms with Gasteiger partial charge in [-0.25, -0.2) is 4.39 Å². The van der Waals surface area contributed by atoms with E-state index in [-0.39, 0.29) is 23.6 Å². The summed E-state index contributed by atoms with van der Waals surface area (Å²) in [6.07, 6.45) is 0.864. The van der Waals surface area contributed by atoms with Crippen LogP contribution < -0.4 is 0 Å². The fraction of sp³-hybridized carbons (Fsp3) is 0.529. The average Bonchev–Trinajstić information content (AvgIpc) is 2.92. The number of carboxylic acid groups (broad SMARTS) is 1. The third-order valence-electron chi connectivity index (χ3n) is 4.43. The lowest BCUT2D eigenvalue weighted by molar-refractivity contribution is -0.143. The van der Waals surface area contributed by atoms with Crippen molar-refractivity contribution in [1.82, 2.24) is 4.90 Å². The Labute approximate surface area is 129 Å². The lowest BCUT2D eigenvalue weighted by Crippen LogP contribution is -2.30. The smallest absolute Gasteiger partial charge is 0.308 e. The van der Waals surface area contributed by atoms with Gasteiger partial charge in [0, 0.05) is 19.5 Å². The van der Waals surface area contributed by atoms with Gasteiger partial charge in [-0.05, 0) is 36.0 Å². The van der Waals surface area contributed by atoms with Crippen LogP contribution in [0.25, 0.3) is 0 Å². The molecule has 2 atom stereocenters. The van der Waals surface area contributed by atoms with Gasteiger partial charge in [-0.2, -0.15) is 0 Å². The third kappa shape index (κ3) is 3.84. The number of rotatable bonds is 5. The van der Waals surface area contributed by atoms with Crippen LogP contribution in [0, 0.1) is 23.6 Å². The van der Waals surface area contributed by atoms with Crippen molar-refractivity contribution in [2.24, 2.45) is 17.8 Å². The molecule has 120 valence electrons. The molecule has 1 aliphatic rings. The Bertz CT molecular complexity index is 541. The Morgan fingerprint density at radius 2 is 1.91 bits per heavy atom. The number of aryl methyl sites for hydroxylation is 1. The van der Waals surface area contributed by atoms with Gasteiger partial charge in [-0.15, -0.1) is 0 Å². The topological polar surface area (TPSA) is 57.6 Å². The van der Waals surface area contributed by atoms with Crippen LogP contribution >= 0.6 is 0 Å². The molecular weight excluding hydrogens is 285 g/mol. The van der Waals surface area contributed by atoms with Crippen molar-refractivity contribution in [1.29, 1.82) is 0 Å². The average molecular weight is 307 g/mol. The number of halogens is 1. The highest BCUT2D eigenvalue weighted by Crippen LogP contribution is 2.30. The molecule has 0 aliphatic carbocycles. The van der Waals surface area contributed by atoms with Crippen LogP contribution in [0.15, 0.2) is 24.3 Å². The molecule has 0 unspecified atom stereocenters. The summed E-state index contributed by atoms with van der Waals surface area (Å²) in [6.45, 7) is 4.79. The van der Waals surface area contributed by atoms with Crippen molar-refractivity contribution < 1.29 is 19.1 Å². The molecule has 1 aromatic carbocycles. The monoisotopic (exact) mass is 307 g/mol. The molecule has 1 saturated heterocycles. The van der Waals surface area contributed by atoms with E-state index in [0.29, 0.717) is 25.9 Å². The molecule has 4 nitrogen and oxygen atoms in total. The van der Waals surface area contributed by atoms with Gasteiger partial charge in [0.2, 0.25) is 5.91 Å². The number of amides is 1. The van der Waals surface area contributed by atoms with E-state index in [1.807, 2.05) is 13.8 Å². The van der Waals surface area contributed by atoms with Gasteiger partial charge in [-0.3, -0.25) is 9.59 Å². The predicted octanol–water partition coefficient (Wildman–Crippen LogP) is 2.57. The number of hydrogen-bond donors (Lipinski definition) is 1. The molecule has 1 amide bonds. The van der Waals surface area contributed by atoms with Crippen LogP contribution in [0.5, 0.6) is 0 Å². The fourth-order valence-corrected chi connectivity index (χ4v) is 3.03. The standard InChI is InChI=1S/C17H22FNO3/c1-11(2)14-9-19(10-15(14)17(21)22)16(20)8-5-12-3-6-13(18)7-4-12/h3-4,6-7,11,14-15H,5,8-10H2,1-2H3,(H,21,22)/t14-,15+/m0/s1. The Hall–Kier alpha value is -1.91. The second-order valence-corrected chi connectivity index (χ2v) is 6.28. The number of nitrogens with zero attached hydrogens (tertiary/aromatic N) is 1. The van der Waals surface area contributed by atoms with Crippen molar-refractivity contribution in [3.8, 4) is 0 Å². The van der Waals surface area contributed by atoms with Crippen LogP contribution in [0.1, 0.15) is 25.8 Å². The lowest BCUT2D eigenvalue weighted by Gasteiger charge is -2.18. The van der Waals surface area contributed by atoms with Crippen LogP contribution in [0.2, 0.25) is 0 Å². The molecule has 22 heavy (non-hydrogen) atoms. The summed E-state index contributed by atoms with van der Waals surface area (Å²) in [7, 11) is 0. The zero-order valence-corrected chi connectivity index (χ0v) is 13.0. The van der Waals surface area contributed by atoms with Gasteiger partial charge < -0.3 is 10.0 Å². The first-order valence-electron chi connectivity index (χ1n) is 7.63. The summed E-state index contributed by atoms with van der Waals surface area (Å²) in [6, 6.07) is 6.10. The second kappa shape index (κ2) is 6.90. The number of carbonyl (C=O) groups excluding carboxylic acids is 1. The molecule has 0 spiro atoms. The van der Waals surface area contributed by atoms with E-state index in [1.54, 1.807) is 17.0 Å². The molecule has 1 fully saturated rings. The molecule has 2 rings (SSSR count). The molecule has 0 radical (unpaired) electrons. The number of hydrogen-bond acceptors (Lipinski definition) is 2. The highest BCUT2D eigenvalue weighted by molar-refractivity contribution is 5.79. The molecule has 0 bridgehead atoms. The van der Waals surface area contributed by atoms with Gasteiger partial charge in [-0.1, -0.05) is 26.0 Å². The summed E-state index contributed by atoms with van der Waals surface area (Å²) in [5.41, 5.74) is 0.907. The second-order valence-electron chi connectivity index (χ2n) is 6.28. The van der Waals surface area contributed by atoms with E-state index in [9.17, 15) is 19.1 Å². The van der Waals surface area contributed by atoms with Crippen molar-refractivity contribution in [3.05, 3.63) is 35.6 Å².